The fraction of sp³-hybridized carbons (Fsp3) is 0.419. The Labute approximate surface area is 250 Å². The zero-order chi connectivity index (χ0) is 30.6. The van der Waals surface area contributed by atoms with Crippen LogP contribution in [0.25, 0.3) is 10.9 Å². The number of hydrogen-bond acceptors (Lipinski definition) is 6. The molecule has 0 saturated heterocycles. The molecule has 10 nitrogen and oxygen atoms in total. The van der Waals surface area contributed by atoms with Gasteiger partial charge in [0.15, 0.2) is 0 Å². The first-order chi connectivity index (χ1) is 20.1. The number of aromatic amines is 1. The molecular weight excluding hydrogens is 554 g/mol. The fourth-order valence-electron chi connectivity index (χ4n) is 4.72. The topological polar surface area (TPSA) is 166 Å². The molecule has 42 heavy (non-hydrogen) atoms. The number of H-pyrrole nitrogens is 1. The summed E-state index contributed by atoms with van der Waals surface area (Å²) in [5.41, 5.74) is 8.58. The molecule has 226 valence electrons. The van der Waals surface area contributed by atoms with Crippen molar-refractivity contribution in [3.63, 3.8) is 0 Å². The van der Waals surface area contributed by atoms with Crippen LogP contribution in [0.15, 0.2) is 60.8 Å². The number of para-hydroxylation sites is 1. The highest BCUT2D eigenvalue weighted by Gasteiger charge is 2.31. The lowest BCUT2D eigenvalue weighted by atomic mass is 10.0. The summed E-state index contributed by atoms with van der Waals surface area (Å²) in [4.78, 5) is 55.3. The van der Waals surface area contributed by atoms with Gasteiger partial charge >= 0.3 is 5.97 Å². The highest BCUT2D eigenvalue weighted by Crippen LogP contribution is 2.19. The van der Waals surface area contributed by atoms with Crippen LogP contribution in [0, 0.1) is 5.92 Å². The molecule has 0 saturated carbocycles. The first kappa shape index (κ1) is 32.7. The Morgan fingerprint density at radius 1 is 0.857 bits per heavy atom. The molecule has 1 aromatic heterocycles. The van der Waals surface area contributed by atoms with E-state index in [4.69, 9.17) is 5.73 Å². The van der Waals surface area contributed by atoms with E-state index < -0.39 is 47.9 Å². The number of rotatable bonds is 16. The van der Waals surface area contributed by atoms with Crippen LogP contribution in [-0.2, 0) is 32.0 Å². The fourth-order valence-corrected chi connectivity index (χ4v) is 5.19. The smallest absolute Gasteiger partial charge is 0.326 e. The molecule has 3 amide bonds. The third-order valence-corrected chi connectivity index (χ3v) is 7.58. The number of carboxylic acids is 1. The van der Waals surface area contributed by atoms with E-state index in [9.17, 15) is 24.3 Å². The molecule has 1 heterocycles. The second-order valence-corrected chi connectivity index (χ2v) is 11.8. The van der Waals surface area contributed by atoms with Crippen molar-refractivity contribution in [1.29, 1.82) is 0 Å². The number of nitrogens with two attached hydrogens (primary N) is 1. The lowest BCUT2D eigenvalue weighted by molar-refractivity contribution is -0.142. The molecular formula is C31H41N5O5S. The van der Waals surface area contributed by atoms with Crippen LogP contribution in [0.2, 0.25) is 0 Å². The maximum absolute atomic E-state index is 13.8. The van der Waals surface area contributed by atoms with Crippen molar-refractivity contribution in [2.45, 2.75) is 63.7 Å². The van der Waals surface area contributed by atoms with E-state index in [1.165, 1.54) is 11.8 Å². The first-order valence-corrected chi connectivity index (χ1v) is 15.5. The third-order valence-electron chi connectivity index (χ3n) is 6.93. The predicted molar refractivity (Wildman–Crippen MR) is 166 cm³/mol. The number of benzene rings is 2. The molecule has 7 N–H and O–H groups in total. The summed E-state index contributed by atoms with van der Waals surface area (Å²) in [6.45, 7) is 3.91. The molecule has 11 heteroatoms. The minimum Gasteiger partial charge on any atom is -0.480 e. The van der Waals surface area contributed by atoms with Crippen molar-refractivity contribution in [2.24, 2.45) is 11.7 Å². The third kappa shape index (κ3) is 9.63. The summed E-state index contributed by atoms with van der Waals surface area (Å²) in [6, 6.07) is 12.8. The van der Waals surface area contributed by atoms with Crippen molar-refractivity contribution in [2.75, 3.05) is 12.0 Å². The van der Waals surface area contributed by atoms with Crippen LogP contribution < -0.4 is 21.7 Å². The van der Waals surface area contributed by atoms with Crippen molar-refractivity contribution in [1.82, 2.24) is 20.9 Å². The molecule has 0 aliphatic heterocycles. The van der Waals surface area contributed by atoms with E-state index in [0.717, 1.165) is 22.0 Å². The van der Waals surface area contributed by atoms with E-state index in [2.05, 4.69) is 20.9 Å². The summed E-state index contributed by atoms with van der Waals surface area (Å²) in [5, 5.41) is 18.8. The Bertz CT molecular complexity index is 1350. The lowest BCUT2D eigenvalue weighted by Gasteiger charge is -2.25. The second kappa shape index (κ2) is 16.0. The molecule has 0 aliphatic rings. The average molecular weight is 596 g/mol. The van der Waals surface area contributed by atoms with Gasteiger partial charge in [-0.1, -0.05) is 62.4 Å². The zero-order valence-electron chi connectivity index (χ0n) is 24.3. The Kier molecular flexibility index (Phi) is 12.4. The first-order valence-electron chi connectivity index (χ1n) is 14.1. The van der Waals surface area contributed by atoms with Gasteiger partial charge in [-0.2, -0.15) is 11.8 Å². The number of aliphatic carboxylic acids is 1. The summed E-state index contributed by atoms with van der Waals surface area (Å²) in [7, 11) is 0. The van der Waals surface area contributed by atoms with Gasteiger partial charge in [0.05, 0.1) is 6.04 Å². The summed E-state index contributed by atoms with van der Waals surface area (Å²) >= 11 is 1.48. The Hall–Kier alpha value is -3.83. The molecule has 3 rings (SSSR count). The monoisotopic (exact) mass is 595 g/mol. The molecule has 4 atom stereocenters. The number of carbonyl (C=O) groups is 4. The standard InChI is InChI=1S/C31H41N5O5S/c1-19(2)15-23(32)28(37)35-26(16-20-9-5-4-6-10-20)29(38)36-27(30(39)34-25(31(40)41)13-14-42-3)17-21-18-33-24-12-8-7-11-22(21)24/h4-12,18-19,23,25-27,33H,13-17,32H2,1-3H3,(H,34,39)(H,35,37)(H,36,38)(H,40,41). The van der Waals surface area contributed by atoms with Gasteiger partial charge in [-0.3, -0.25) is 14.4 Å². The van der Waals surface area contributed by atoms with Crippen LogP contribution >= 0.6 is 11.8 Å². The van der Waals surface area contributed by atoms with E-state index >= 15 is 0 Å². The van der Waals surface area contributed by atoms with Crippen LogP contribution in [0.1, 0.15) is 37.8 Å². The number of carboxylic acid groups (broad SMARTS) is 1. The summed E-state index contributed by atoms with van der Waals surface area (Å²) in [6.07, 6.45) is 4.60. The minimum atomic E-state index is -1.15. The summed E-state index contributed by atoms with van der Waals surface area (Å²) < 4.78 is 0. The van der Waals surface area contributed by atoms with Gasteiger partial charge in [0.1, 0.15) is 18.1 Å². The maximum Gasteiger partial charge on any atom is 0.326 e. The van der Waals surface area contributed by atoms with Crippen LogP contribution in [0.4, 0.5) is 0 Å². The largest absolute Gasteiger partial charge is 0.480 e. The van der Waals surface area contributed by atoms with Gasteiger partial charge in [-0.05, 0) is 48.0 Å². The number of fused-ring (bicyclic) bond motifs is 1. The van der Waals surface area contributed by atoms with Gasteiger partial charge in [0.2, 0.25) is 17.7 Å². The summed E-state index contributed by atoms with van der Waals surface area (Å²) in [5.74, 6) is -2.07. The lowest BCUT2D eigenvalue weighted by Crippen LogP contribution is -2.58. The van der Waals surface area contributed by atoms with Gasteiger partial charge in [0, 0.05) is 29.9 Å². The van der Waals surface area contributed by atoms with E-state index in [1.807, 2.05) is 74.7 Å². The molecule has 0 bridgehead atoms. The number of aromatic nitrogens is 1. The highest BCUT2D eigenvalue weighted by molar-refractivity contribution is 7.98. The highest BCUT2D eigenvalue weighted by atomic mass is 32.2. The molecule has 0 fully saturated rings. The molecule has 0 radical (unpaired) electrons. The van der Waals surface area contributed by atoms with E-state index in [-0.39, 0.29) is 25.2 Å². The molecule has 0 spiro atoms. The normalized spacial score (nSPS) is 14.1. The zero-order valence-corrected chi connectivity index (χ0v) is 25.1. The Morgan fingerprint density at radius 3 is 2.10 bits per heavy atom. The van der Waals surface area contributed by atoms with Crippen LogP contribution in [0.3, 0.4) is 0 Å². The SMILES string of the molecule is CSCCC(NC(=O)C(Cc1c[nH]c2ccccc12)NC(=O)C(Cc1ccccc1)NC(=O)C(N)CC(C)C)C(=O)O. The predicted octanol–water partition coefficient (Wildman–Crippen LogP) is 2.62. The van der Waals surface area contributed by atoms with Gasteiger partial charge in [-0.25, -0.2) is 4.79 Å². The molecule has 3 aromatic rings. The number of thioether (sulfide) groups is 1. The maximum atomic E-state index is 13.8. The number of carbonyl (C=O) groups excluding carboxylic acids is 3. The van der Waals surface area contributed by atoms with Crippen molar-refractivity contribution in [3.05, 3.63) is 71.9 Å². The molecule has 4 unspecified atom stereocenters. The van der Waals surface area contributed by atoms with Gasteiger partial charge in [-0.15, -0.1) is 0 Å². The average Bonchev–Trinajstić information content (AvgIpc) is 3.37. The Morgan fingerprint density at radius 2 is 1.45 bits per heavy atom. The van der Waals surface area contributed by atoms with E-state index in [0.29, 0.717) is 12.2 Å². The number of amides is 3. The van der Waals surface area contributed by atoms with Crippen molar-refractivity contribution >= 4 is 46.4 Å². The molecule has 0 aliphatic carbocycles. The van der Waals surface area contributed by atoms with Crippen LogP contribution in [0.5, 0.6) is 0 Å². The molecule has 2 aromatic carbocycles. The minimum absolute atomic E-state index is 0.106. The van der Waals surface area contributed by atoms with Crippen molar-refractivity contribution < 1.29 is 24.3 Å². The number of hydrogen-bond donors (Lipinski definition) is 6. The van der Waals surface area contributed by atoms with Crippen LogP contribution in [-0.4, -0.2) is 70.0 Å². The Balaban J connectivity index is 1.88. The second-order valence-electron chi connectivity index (χ2n) is 10.8. The van der Waals surface area contributed by atoms with E-state index in [1.54, 1.807) is 6.20 Å². The van der Waals surface area contributed by atoms with Gasteiger partial charge < -0.3 is 31.8 Å². The number of nitrogens with one attached hydrogen (secondary N) is 4. The quantitative estimate of drug-likeness (QED) is 0.148. The van der Waals surface area contributed by atoms with Gasteiger partial charge in [0.25, 0.3) is 0 Å². The van der Waals surface area contributed by atoms with Crippen molar-refractivity contribution in [3.8, 4) is 0 Å².